The highest BCUT2D eigenvalue weighted by atomic mass is 32.1. The third-order valence-electron chi connectivity index (χ3n) is 11.7. The van der Waals surface area contributed by atoms with E-state index in [1.165, 1.54) is 119 Å². The van der Waals surface area contributed by atoms with Gasteiger partial charge in [0.15, 0.2) is 0 Å². The molecular formula is C54H36S. The number of benzene rings is 10. The molecule has 1 heteroatoms. The van der Waals surface area contributed by atoms with Crippen molar-refractivity contribution in [3.8, 4) is 44.5 Å². The van der Waals surface area contributed by atoms with Crippen LogP contribution in [0.25, 0.3) is 108 Å². The Hall–Kier alpha value is -6.54. The summed E-state index contributed by atoms with van der Waals surface area (Å²) in [6.45, 7) is 4.48. The molecule has 0 aliphatic rings. The van der Waals surface area contributed by atoms with Crippen molar-refractivity contribution in [3.05, 3.63) is 193 Å². The van der Waals surface area contributed by atoms with Gasteiger partial charge >= 0.3 is 0 Å². The van der Waals surface area contributed by atoms with Crippen LogP contribution in [0.4, 0.5) is 0 Å². The van der Waals surface area contributed by atoms with Crippen LogP contribution in [0.3, 0.4) is 0 Å². The first-order valence-electron chi connectivity index (χ1n) is 19.1. The van der Waals surface area contributed by atoms with E-state index in [4.69, 9.17) is 0 Å². The van der Waals surface area contributed by atoms with Crippen LogP contribution in [0.15, 0.2) is 182 Å². The Morgan fingerprint density at radius 3 is 1.18 bits per heavy atom. The number of hydrogen-bond acceptors (Lipinski definition) is 1. The fourth-order valence-corrected chi connectivity index (χ4v) is 10.5. The Morgan fingerprint density at radius 1 is 0.255 bits per heavy atom. The lowest BCUT2D eigenvalue weighted by atomic mass is 9.83. The fourth-order valence-electron chi connectivity index (χ4n) is 9.36. The molecule has 0 aliphatic heterocycles. The van der Waals surface area contributed by atoms with Crippen LogP contribution in [-0.4, -0.2) is 0 Å². The van der Waals surface area contributed by atoms with Crippen molar-refractivity contribution in [1.29, 1.82) is 0 Å². The molecule has 0 aliphatic carbocycles. The van der Waals surface area contributed by atoms with Gasteiger partial charge in [0.2, 0.25) is 0 Å². The summed E-state index contributed by atoms with van der Waals surface area (Å²) in [7, 11) is 0. The molecule has 0 nitrogen and oxygen atoms in total. The van der Waals surface area contributed by atoms with Crippen molar-refractivity contribution in [1.82, 2.24) is 0 Å². The lowest BCUT2D eigenvalue weighted by Gasteiger charge is -2.20. The molecule has 0 radical (unpaired) electrons. The molecule has 1 aromatic heterocycles. The highest BCUT2D eigenvalue weighted by Crippen LogP contribution is 2.48. The van der Waals surface area contributed by atoms with Gasteiger partial charge in [0, 0.05) is 20.2 Å². The average molecular weight is 717 g/mol. The first-order valence-corrected chi connectivity index (χ1v) is 19.9. The molecule has 55 heavy (non-hydrogen) atoms. The zero-order valence-corrected chi connectivity index (χ0v) is 31.5. The molecule has 0 saturated carbocycles. The number of aryl methyl sites for hydroxylation is 2. The molecule has 0 unspecified atom stereocenters. The summed E-state index contributed by atoms with van der Waals surface area (Å²) in [5, 5.41) is 12.9. The second-order valence-corrected chi connectivity index (χ2v) is 15.9. The average Bonchev–Trinajstić information content (AvgIpc) is 3.60. The maximum absolute atomic E-state index is 2.44. The van der Waals surface area contributed by atoms with Crippen molar-refractivity contribution in [2.24, 2.45) is 0 Å². The molecule has 10 aromatic carbocycles. The predicted molar refractivity (Wildman–Crippen MR) is 241 cm³/mol. The molecule has 0 fully saturated rings. The second kappa shape index (κ2) is 12.5. The fraction of sp³-hybridized carbons (Fsp3) is 0.0370. The van der Waals surface area contributed by atoms with Gasteiger partial charge in [-0.15, -0.1) is 11.3 Å². The van der Waals surface area contributed by atoms with Gasteiger partial charge in [-0.1, -0.05) is 164 Å². The molecule has 11 aromatic rings. The smallest absolute Gasteiger partial charge is 0.0361 e. The molecule has 0 spiro atoms. The quantitative estimate of drug-likeness (QED) is 0.159. The molecule has 0 atom stereocenters. The van der Waals surface area contributed by atoms with Gasteiger partial charge in [0.25, 0.3) is 0 Å². The minimum absolute atomic E-state index is 1.25. The first-order chi connectivity index (χ1) is 27.1. The van der Waals surface area contributed by atoms with Crippen LogP contribution in [0.5, 0.6) is 0 Å². The Balaban J connectivity index is 1.13. The lowest BCUT2D eigenvalue weighted by Crippen LogP contribution is -1.94. The third-order valence-corrected chi connectivity index (χ3v) is 12.8. The Morgan fingerprint density at radius 2 is 0.673 bits per heavy atom. The van der Waals surface area contributed by atoms with E-state index in [1.54, 1.807) is 0 Å². The maximum Gasteiger partial charge on any atom is 0.0361 e. The van der Waals surface area contributed by atoms with Crippen LogP contribution in [0.1, 0.15) is 11.1 Å². The topological polar surface area (TPSA) is 0 Å². The summed E-state index contributed by atoms with van der Waals surface area (Å²) in [5.41, 5.74) is 12.9. The van der Waals surface area contributed by atoms with Crippen LogP contribution < -0.4 is 0 Å². The largest absolute Gasteiger partial charge is 0.135 e. The highest BCUT2D eigenvalue weighted by molar-refractivity contribution is 7.25. The molecule has 0 N–H and O–H groups in total. The van der Waals surface area contributed by atoms with Gasteiger partial charge in [-0.3, -0.25) is 0 Å². The monoisotopic (exact) mass is 716 g/mol. The second-order valence-electron chi connectivity index (χ2n) is 14.8. The van der Waals surface area contributed by atoms with Crippen LogP contribution >= 0.6 is 11.3 Å². The van der Waals surface area contributed by atoms with Gasteiger partial charge in [-0.05, 0) is 131 Å². The Kier molecular flexibility index (Phi) is 7.27. The minimum atomic E-state index is 1.25. The Labute approximate surface area is 324 Å². The molecule has 258 valence electrons. The van der Waals surface area contributed by atoms with Crippen molar-refractivity contribution >= 4 is 74.6 Å². The molecule has 11 rings (SSSR count). The van der Waals surface area contributed by atoms with E-state index in [-0.39, 0.29) is 0 Å². The van der Waals surface area contributed by atoms with Gasteiger partial charge in [0.05, 0.1) is 0 Å². The summed E-state index contributed by atoms with van der Waals surface area (Å²) in [5.74, 6) is 0. The van der Waals surface area contributed by atoms with Gasteiger partial charge in [-0.25, -0.2) is 0 Å². The number of fused-ring (bicyclic) bond motifs is 7. The van der Waals surface area contributed by atoms with Crippen LogP contribution in [-0.2, 0) is 0 Å². The molecular weight excluding hydrogens is 681 g/mol. The van der Waals surface area contributed by atoms with E-state index in [0.717, 1.165) is 0 Å². The van der Waals surface area contributed by atoms with Crippen molar-refractivity contribution in [2.75, 3.05) is 0 Å². The standard InChI is InChI=1S/C54H36S/c1-33-15-14-16-34(2)50(33)54-45-25-12-10-23-43(45)53(44-24-11-13-26-46(44)54)37-27-29-38-47-31-36(28-30-48(47)55-49(38)32-37)52-41-21-8-6-19-39(41)51(35-17-4-3-5-18-35)40-20-7-9-22-42(40)52/h3-32H,1-2H3. The number of thiophene rings is 1. The van der Waals surface area contributed by atoms with E-state index in [0.29, 0.717) is 0 Å². The van der Waals surface area contributed by atoms with E-state index in [1.807, 2.05) is 11.3 Å². The third kappa shape index (κ3) is 4.90. The van der Waals surface area contributed by atoms with E-state index >= 15 is 0 Å². The van der Waals surface area contributed by atoms with Crippen molar-refractivity contribution in [3.63, 3.8) is 0 Å². The Bertz CT molecular complexity index is 3190. The van der Waals surface area contributed by atoms with Crippen LogP contribution in [0.2, 0.25) is 0 Å². The highest BCUT2D eigenvalue weighted by Gasteiger charge is 2.21. The van der Waals surface area contributed by atoms with E-state index < -0.39 is 0 Å². The molecule has 0 bridgehead atoms. The van der Waals surface area contributed by atoms with Gasteiger partial charge in [-0.2, -0.15) is 0 Å². The number of hydrogen-bond donors (Lipinski definition) is 0. The van der Waals surface area contributed by atoms with E-state index in [9.17, 15) is 0 Å². The summed E-state index contributed by atoms with van der Waals surface area (Å²) in [6.07, 6.45) is 0. The SMILES string of the molecule is Cc1cccc(C)c1-c1c2ccccc2c(-c2ccc3c(c2)sc2ccc(-c4c5ccccc5c(-c5ccccc5)c5ccccc45)cc23)c2ccccc12. The summed E-state index contributed by atoms with van der Waals surface area (Å²) >= 11 is 1.90. The lowest BCUT2D eigenvalue weighted by molar-refractivity contribution is 1.39. The zero-order chi connectivity index (χ0) is 36.6. The normalized spacial score (nSPS) is 11.8. The first kappa shape index (κ1) is 31.9. The van der Waals surface area contributed by atoms with Crippen LogP contribution in [0, 0.1) is 13.8 Å². The minimum Gasteiger partial charge on any atom is -0.135 e. The van der Waals surface area contributed by atoms with Crippen molar-refractivity contribution in [2.45, 2.75) is 13.8 Å². The van der Waals surface area contributed by atoms with Crippen molar-refractivity contribution < 1.29 is 0 Å². The number of rotatable bonds is 4. The van der Waals surface area contributed by atoms with Gasteiger partial charge < -0.3 is 0 Å². The zero-order valence-electron chi connectivity index (χ0n) is 30.7. The summed E-state index contributed by atoms with van der Waals surface area (Å²) in [6, 6.07) is 67.6. The molecule has 0 amide bonds. The molecule has 0 saturated heterocycles. The molecule has 1 heterocycles. The maximum atomic E-state index is 2.44. The predicted octanol–water partition coefficient (Wildman–Crippen LogP) is 16.0. The summed E-state index contributed by atoms with van der Waals surface area (Å²) in [4.78, 5) is 0. The van der Waals surface area contributed by atoms with E-state index in [2.05, 4.69) is 196 Å². The summed E-state index contributed by atoms with van der Waals surface area (Å²) < 4.78 is 2.62. The van der Waals surface area contributed by atoms with Gasteiger partial charge in [0.1, 0.15) is 0 Å².